The van der Waals surface area contributed by atoms with E-state index in [0.717, 1.165) is 11.1 Å². The zero-order chi connectivity index (χ0) is 17.4. The first-order chi connectivity index (χ1) is 11.6. The van der Waals surface area contributed by atoms with Gasteiger partial charge < -0.3 is 9.05 Å². The van der Waals surface area contributed by atoms with Gasteiger partial charge in [-0.1, -0.05) is 42.5 Å². The minimum atomic E-state index is -3.38. The van der Waals surface area contributed by atoms with E-state index < -0.39 is 13.4 Å². The number of halogens is 1. The van der Waals surface area contributed by atoms with Crippen LogP contribution in [-0.2, 0) is 20.2 Å². The lowest BCUT2D eigenvalue weighted by atomic mass is 10.2. The molecule has 0 amide bonds. The lowest BCUT2D eigenvalue weighted by Gasteiger charge is -2.27. The lowest BCUT2D eigenvalue weighted by molar-refractivity contribution is 0.207. The number of benzene rings is 2. The van der Waals surface area contributed by atoms with Crippen molar-refractivity contribution in [3.8, 4) is 0 Å². The van der Waals surface area contributed by atoms with Gasteiger partial charge in [-0.15, -0.1) is 0 Å². The van der Waals surface area contributed by atoms with Gasteiger partial charge >= 0.3 is 7.60 Å². The Balaban J connectivity index is 2.25. The molecule has 4 nitrogen and oxygen atoms in total. The number of nitrogens with one attached hydrogen (secondary N) is 1. The Morgan fingerprint density at radius 2 is 1.58 bits per heavy atom. The highest BCUT2D eigenvalue weighted by atomic mass is 31.2. The summed E-state index contributed by atoms with van der Waals surface area (Å²) in [6.07, 6.45) is 0. The molecular formula is C18H23FNO3P. The molecule has 0 aliphatic carbocycles. The van der Waals surface area contributed by atoms with E-state index in [-0.39, 0.29) is 5.82 Å². The van der Waals surface area contributed by atoms with Crippen molar-refractivity contribution < 1.29 is 18.0 Å². The quantitative estimate of drug-likeness (QED) is 0.654. The summed E-state index contributed by atoms with van der Waals surface area (Å²) in [5, 5.41) is 3.25. The van der Waals surface area contributed by atoms with Gasteiger partial charge in [-0.05, 0) is 37.1 Å². The summed E-state index contributed by atoms with van der Waals surface area (Å²) in [5.41, 5.74) is 1.71. The van der Waals surface area contributed by atoms with Crippen LogP contribution in [-0.4, -0.2) is 13.2 Å². The van der Waals surface area contributed by atoms with Gasteiger partial charge in [0.2, 0.25) is 0 Å². The summed E-state index contributed by atoms with van der Waals surface area (Å²) < 4.78 is 37.3. The van der Waals surface area contributed by atoms with E-state index in [1.165, 1.54) is 12.1 Å². The molecule has 2 aromatic carbocycles. The molecule has 0 fully saturated rings. The van der Waals surface area contributed by atoms with E-state index >= 15 is 0 Å². The van der Waals surface area contributed by atoms with E-state index in [1.54, 1.807) is 26.0 Å². The third-order valence-corrected chi connectivity index (χ3v) is 5.81. The molecule has 0 aliphatic heterocycles. The zero-order valence-electron chi connectivity index (χ0n) is 13.9. The molecule has 1 atom stereocenters. The first-order valence-electron chi connectivity index (χ1n) is 8.00. The fourth-order valence-electron chi connectivity index (χ4n) is 2.41. The van der Waals surface area contributed by atoms with Gasteiger partial charge in [0.25, 0.3) is 0 Å². The van der Waals surface area contributed by atoms with Gasteiger partial charge in [0.05, 0.1) is 13.2 Å². The zero-order valence-corrected chi connectivity index (χ0v) is 14.8. The minimum absolute atomic E-state index is 0.285. The molecule has 24 heavy (non-hydrogen) atoms. The highest BCUT2D eigenvalue weighted by Gasteiger charge is 2.36. The summed E-state index contributed by atoms with van der Waals surface area (Å²) in [6, 6.07) is 15.6. The molecular weight excluding hydrogens is 328 g/mol. The average Bonchev–Trinajstić information content (AvgIpc) is 2.58. The van der Waals surface area contributed by atoms with E-state index in [0.29, 0.717) is 19.8 Å². The summed E-state index contributed by atoms with van der Waals surface area (Å²) in [7, 11) is -3.38. The molecule has 0 saturated carbocycles. The normalized spacial score (nSPS) is 13.0. The van der Waals surface area contributed by atoms with Crippen LogP contribution in [0.25, 0.3) is 0 Å². The van der Waals surface area contributed by atoms with E-state index in [9.17, 15) is 8.96 Å². The molecule has 130 valence electrons. The van der Waals surface area contributed by atoms with Crippen molar-refractivity contribution in [2.45, 2.75) is 26.2 Å². The third-order valence-electron chi connectivity index (χ3n) is 3.46. The van der Waals surface area contributed by atoms with Gasteiger partial charge in [0, 0.05) is 6.54 Å². The van der Waals surface area contributed by atoms with Crippen molar-refractivity contribution in [2.24, 2.45) is 0 Å². The highest BCUT2D eigenvalue weighted by Crippen LogP contribution is 2.59. The van der Waals surface area contributed by atoms with Gasteiger partial charge in [-0.3, -0.25) is 9.88 Å². The van der Waals surface area contributed by atoms with E-state index in [1.807, 2.05) is 30.3 Å². The van der Waals surface area contributed by atoms with Crippen molar-refractivity contribution in [1.29, 1.82) is 0 Å². The molecule has 1 unspecified atom stereocenters. The molecule has 1 N–H and O–H groups in total. The van der Waals surface area contributed by atoms with Crippen LogP contribution in [0, 0.1) is 5.82 Å². The molecule has 6 heteroatoms. The number of rotatable bonds is 9. The molecule has 0 saturated heterocycles. The van der Waals surface area contributed by atoms with E-state index in [4.69, 9.17) is 9.05 Å². The minimum Gasteiger partial charge on any atom is -0.308 e. The summed E-state index contributed by atoms with van der Waals surface area (Å²) in [6.45, 7) is 4.57. The maximum Gasteiger partial charge on any atom is 0.351 e. The van der Waals surface area contributed by atoms with Crippen LogP contribution in [0.2, 0.25) is 0 Å². The predicted octanol–water partition coefficient (Wildman–Crippen LogP) is 4.88. The Kier molecular flexibility index (Phi) is 7.13. The van der Waals surface area contributed by atoms with E-state index in [2.05, 4.69) is 5.32 Å². The van der Waals surface area contributed by atoms with Crippen molar-refractivity contribution in [3.63, 3.8) is 0 Å². The molecule has 0 bridgehead atoms. The van der Waals surface area contributed by atoms with Gasteiger partial charge in [0.1, 0.15) is 11.6 Å². The second-order valence-electron chi connectivity index (χ2n) is 5.20. The molecule has 0 aromatic heterocycles. The maximum absolute atomic E-state index is 13.2. The van der Waals surface area contributed by atoms with Gasteiger partial charge in [0.15, 0.2) is 0 Å². The first-order valence-corrected chi connectivity index (χ1v) is 9.61. The SMILES string of the molecule is CCOP(=O)(OCC)C(NCc1ccc(F)cc1)c1ccccc1. The van der Waals surface area contributed by atoms with Crippen LogP contribution in [0.15, 0.2) is 54.6 Å². The van der Waals surface area contributed by atoms with Crippen molar-refractivity contribution in [2.75, 3.05) is 13.2 Å². The van der Waals surface area contributed by atoms with Crippen molar-refractivity contribution >= 4 is 7.60 Å². The van der Waals surface area contributed by atoms with Crippen LogP contribution in [0.3, 0.4) is 0 Å². The smallest absolute Gasteiger partial charge is 0.308 e. The van der Waals surface area contributed by atoms with Crippen LogP contribution in [0.5, 0.6) is 0 Å². The molecule has 0 radical (unpaired) electrons. The average molecular weight is 351 g/mol. The topological polar surface area (TPSA) is 47.6 Å². The summed E-state index contributed by atoms with van der Waals surface area (Å²) in [4.78, 5) is 0. The third kappa shape index (κ3) is 4.99. The molecule has 0 spiro atoms. The predicted molar refractivity (Wildman–Crippen MR) is 93.3 cm³/mol. The largest absolute Gasteiger partial charge is 0.351 e. The Labute approximate surface area is 142 Å². The Bertz CT molecular complexity index is 654. The van der Waals surface area contributed by atoms with Crippen LogP contribution >= 0.6 is 7.60 Å². The standard InChI is InChI=1S/C18H23FNO3P/c1-3-22-24(21,23-4-2)18(16-8-6-5-7-9-16)20-14-15-10-12-17(19)13-11-15/h5-13,18,20H,3-4,14H2,1-2H3. The summed E-state index contributed by atoms with van der Waals surface area (Å²) >= 11 is 0. The highest BCUT2D eigenvalue weighted by molar-refractivity contribution is 7.54. The molecule has 2 aromatic rings. The van der Waals surface area contributed by atoms with Crippen LogP contribution < -0.4 is 5.32 Å². The number of hydrogen-bond donors (Lipinski definition) is 1. The monoisotopic (exact) mass is 351 g/mol. The fourth-order valence-corrected chi connectivity index (χ4v) is 4.36. The van der Waals surface area contributed by atoms with Crippen molar-refractivity contribution in [1.82, 2.24) is 5.32 Å². The maximum atomic E-state index is 13.2. The Hall–Kier alpha value is -1.52. The molecule has 0 heterocycles. The molecule has 2 rings (SSSR count). The molecule has 0 aliphatic rings. The second-order valence-corrected chi connectivity index (χ2v) is 7.31. The lowest BCUT2D eigenvalue weighted by Crippen LogP contribution is -2.23. The summed E-state index contributed by atoms with van der Waals surface area (Å²) in [5.74, 6) is -0.878. The fraction of sp³-hybridized carbons (Fsp3) is 0.333. The van der Waals surface area contributed by atoms with Gasteiger partial charge in [-0.25, -0.2) is 4.39 Å². The van der Waals surface area contributed by atoms with Crippen LogP contribution in [0.1, 0.15) is 30.8 Å². The van der Waals surface area contributed by atoms with Crippen LogP contribution in [0.4, 0.5) is 4.39 Å². The Morgan fingerprint density at radius 3 is 2.12 bits per heavy atom. The van der Waals surface area contributed by atoms with Crippen molar-refractivity contribution in [3.05, 3.63) is 71.5 Å². The second kappa shape index (κ2) is 9.09. The Morgan fingerprint density at radius 1 is 1.00 bits per heavy atom. The van der Waals surface area contributed by atoms with Gasteiger partial charge in [-0.2, -0.15) is 0 Å². The first kappa shape index (κ1) is 18.8. The number of hydrogen-bond acceptors (Lipinski definition) is 4.